The molecule has 0 unspecified atom stereocenters. The third-order valence-corrected chi connectivity index (χ3v) is 2.30. The fourth-order valence-corrected chi connectivity index (χ4v) is 1.63. The third kappa shape index (κ3) is 2.24. The second-order valence-corrected chi connectivity index (χ2v) is 3.43. The standard InChI is InChI=1S/C10H19NO/c1-4-10-5-7-12-8-6-11(10)9(2)3/h4,9H,5-8H2,1-3H3/b10-4+. The number of rotatable bonds is 1. The molecular formula is C10H19NO. The topological polar surface area (TPSA) is 12.5 Å². The van der Waals surface area contributed by atoms with Gasteiger partial charge in [-0.25, -0.2) is 0 Å². The van der Waals surface area contributed by atoms with Gasteiger partial charge in [-0.3, -0.25) is 0 Å². The summed E-state index contributed by atoms with van der Waals surface area (Å²) in [5, 5.41) is 0. The molecule has 0 aromatic heterocycles. The minimum absolute atomic E-state index is 0.595. The largest absolute Gasteiger partial charge is 0.379 e. The summed E-state index contributed by atoms with van der Waals surface area (Å²) in [6, 6.07) is 0.595. The number of hydrogen-bond acceptors (Lipinski definition) is 2. The molecule has 0 saturated carbocycles. The Bertz CT molecular complexity index is 163. The molecule has 0 radical (unpaired) electrons. The van der Waals surface area contributed by atoms with Crippen molar-refractivity contribution >= 4 is 0 Å². The van der Waals surface area contributed by atoms with Crippen molar-refractivity contribution in [2.24, 2.45) is 0 Å². The summed E-state index contributed by atoms with van der Waals surface area (Å²) < 4.78 is 5.42. The first-order chi connectivity index (χ1) is 5.75. The van der Waals surface area contributed by atoms with Gasteiger partial charge in [0.25, 0.3) is 0 Å². The van der Waals surface area contributed by atoms with Gasteiger partial charge in [0.2, 0.25) is 0 Å². The quantitative estimate of drug-likeness (QED) is 0.595. The summed E-state index contributed by atoms with van der Waals surface area (Å²) in [4.78, 5) is 2.42. The Labute approximate surface area is 75.2 Å². The van der Waals surface area contributed by atoms with Crippen molar-refractivity contribution < 1.29 is 4.74 Å². The van der Waals surface area contributed by atoms with Crippen LogP contribution in [0.5, 0.6) is 0 Å². The van der Waals surface area contributed by atoms with Crippen molar-refractivity contribution in [2.45, 2.75) is 33.2 Å². The Hall–Kier alpha value is -0.500. The molecule has 2 nitrogen and oxygen atoms in total. The van der Waals surface area contributed by atoms with Crippen LogP contribution in [0, 0.1) is 0 Å². The van der Waals surface area contributed by atoms with Crippen molar-refractivity contribution in [3.8, 4) is 0 Å². The smallest absolute Gasteiger partial charge is 0.0641 e. The van der Waals surface area contributed by atoms with Crippen LogP contribution in [0.4, 0.5) is 0 Å². The van der Waals surface area contributed by atoms with E-state index in [2.05, 4.69) is 31.7 Å². The van der Waals surface area contributed by atoms with Gasteiger partial charge in [0.15, 0.2) is 0 Å². The highest BCUT2D eigenvalue weighted by Crippen LogP contribution is 2.15. The van der Waals surface area contributed by atoms with Gasteiger partial charge in [-0.15, -0.1) is 0 Å². The molecule has 0 bridgehead atoms. The van der Waals surface area contributed by atoms with Crippen LogP contribution in [0.3, 0.4) is 0 Å². The molecular weight excluding hydrogens is 150 g/mol. The first-order valence-corrected chi connectivity index (χ1v) is 4.75. The van der Waals surface area contributed by atoms with Gasteiger partial charge >= 0.3 is 0 Å². The van der Waals surface area contributed by atoms with Gasteiger partial charge in [-0.1, -0.05) is 6.08 Å². The number of allylic oxidation sites excluding steroid dienone is 1. The van der Waals surface area contributed by atoms with Gasteiger partial charge in [0.05, 0.1) is 13.2 Å². The van der Waals surface area contributed by atoms with Crippen LogP contribution in [0.2, 0.25) is 0 Å². The van der Waals surface area contributed by atoms with E-state index in [1.165, 1.54) is 5.70 Å². The Morgan fingerprint density at radius 2 is 2.17 bits per heavy atom. The molecule has 0 atom stereocenters. The molecule has 1 fully saturated rings. The summed E-state index contributed by atoms with van der Waals surface area (Å²) in [6.45, 7) is 9.36. The second kappa shape index (κ2) is 4.51. The molecule has 0 amide bonds. The maximum Gasteiger partial charge on any atom is 0.0641 e. The van der Waals surface area contributed by atoms with E-state index in [-0.39, 0.29) is 0 Å². The average Bonchev–Trinajstić information content (AvgIpc) is 2.27. The molecule has 70 valence electrons. The molecule has 2 heteroatoms. The first kappa shape index (κ1) is 9.59. The highest BCUT2D eigenvalue weighted by Gasteiger charge is 2.14. The molecule has 1 saturated heterocycles. The van der Waals surface area contributed by atoms with Crippen molar-refractivity contribution in [2.75, 3.05) is 19.8 Å². The zero-order valence-corrected chi connectivity index (χ0v) is 8.34. The van der Waals surface area contributed by atoms with Crippen molar-refractivity contribution in [1.82, 2.24) is 4.90 Å². The Balaban J connectivity index is 2.64. The van der Waals surface area contributed by atoms with Crippen LogP contribution in [0.25, 0.3) is 0 Å². The van der Waals surface area contributed by atoms with Crippen molar-refractivity contribution in [3.63, 3.8) is 0 Å². The predicted molar refractivity (Wildman–Crippen MR) is 51.0 cm³/mol. The normalized spacial score (nSPS) is 23.3. The lowest BCUT2D eigenvalue weighted by Crippen LogP contribution is -2.31. The van der Waals surface area contributed by atoms with Crippen LogP contribution in [-0.4, -0.2) is 30.7 Å². The van der Waals surface area contributed by atoms with E-state index in [1.807, 2.05) is 0 Å². The lowest BCUT2D eigenvalue weighted by Gasteiger charge is -2.28. The van der Waals surface area contributed by atoms with E-state index in [0.717, 1.165) is 26.2 Å². The van der Waals surface area contributed by atoms with Gasteiger partial charge in [-0.2, -0.15) is 0 Å². The fraction of sp³-hybridized carbons (Fsp3) is 0.800. The summed E-state index contributed by atoms with van der Waals surface area (Å²) in [5.74, 6) is 0. The van der Waals surface area contributed by atoms with E-state index >= 15 is 0 Å². The van der Waals surface area contributed by atoms with Crippen molar-refractivity contribution in [3.05, 3.63) is 11.8 Å². The van der Waals surface area contributed by atoms with E-state index in [4.69, 9.17) is 4.74 Å². The number of hydrogen-bond donors (Lipinski definition) is 0. The molecule has 0 spiro atoms. The first-order valence-electron chi connectivity index (χ1n) is 4.75. The van der Waals surface area contributed by atoms with Crippen LogP contribution in [-0.2, 0) is 4.74 Å². The molecule has 1 aliphatic heterocycles. The number of ether oxygens (including phenoxy) is 1. The second-order valence-electron chi connectivity index (χ2n) is 3.43. The van der Waals surface area contributed by atoms with Gasteiger partial charge in [-0.05, 0) is 20.8 Å². The molecule has 1 heterocycles. The van der Waals surface area contributed by atoms with E-state index in [0.29, 0.717) is 6.04 Å². The maximum absolute atomic E-state index is 5.42. The zero-order chi connectivity index (χ0) is 8.97. The van der Waals surface area contributed by atoms with Crippen molar-refractivity contribution in [1.29, 1.82) is 0 Å². The average molecular weight is 169 g/mol. The Morgan fingerprint density at radius 1 is 1.42 bits per heavy atom. The number of nitrogens with zero attached hydrogens (tertiary/aromatic N) is 1. The van der Waals surface area contributed by atoms with E-state index in [1.54, 1.807) is 0 Å². The summed E-state index contributed by atoms with van der Waals surface area (Å²) >= 11 is 0. The van der Waals surface area contributed by atoms with Crippen LogP contribution in [0.15, 0.2) is 11.8 Å². The maximum atomic E-state index is 5.42. The minimum atomic E-state index is 0.595. The zero-order valence-electron chi connectivity index (χ0n) is 8.34. The monoisotopic (exact) mass is 169 g/mol. The third-order valence-electron chi connectivity index (χ3n) is 2.30. The lowest BCUT2D eigenvalue weighted by atomic mass is 10.2. The van der Waals surface area contributed by atoms with Gasteiger partial charge in [0.1, 0.15) is 0 Å². The minimum Gasteiger partial charge on any atom is -0.379 e. The molecule has 1 aliphatic rings. The fourth-order valence-electron chi connectivity index (χ4n) is 1.63. The Morgan fingerprint density at radius 3 is 2.75 bits per heavy atom. The highest BCUT2D eigenvalue weighted by molar-refractivity contribution is 5.01. The summed E-state index contributed by atoms with van der Waals surface area (Å²) in [7, 11) is 0. The van der Waals surface area contributed by atoms with Crippen LogP contribution < -0.4 is 0 Å². The SMILES string of the molecule is C/C=C1\CCOCCN1C(C)C. The molecule has 0 aliphatic carbocycles. The summed E-state index contributed by atoms with van der Waals surface area (Å²) in [5.41, 5.74) is 1.43. The van der Waals surface area contributed by atoms with E-state index in [9.17, 15) is 0 Å². The molecule has 1 rings (SSSR count). The van der Waals surface area contributed by atoms with Crippen LogP contribution >= 0.6 is 0 Å². The molecule has 0 aromatic carbocycles. The Kier molecular flexibility index (Phi) is 3.60. The van der Waals surface area contributed by atoms with Gasteiger partial charge in [0, 0.05) is 24.7 Å². The lowest BCUT2D eigenvalue weighted by molar-refractivity contribution is 0.137. The van der Waals surface area contributed by atoms with E-state index < -0.39 is 0 Å². The van der Waals surface area contributed by atoms with Gasteiger partial charge < -0.3 is 9.64 Å². The summed E-state index contributed by atoms with van der Waals surface area (Å²) in [6.07, 6.45) is 3.27. The predicted octanol–water partition coefficient (Wildman–Crippen LogP) is 2.02. The molecule has 0 N–H and O–H groups in total. The highest BCUT2D eigenvalue weighted by atomic mass is 16.5. The van der Waals surface area contributed by atoms with Crippen LogP contribution in [0.1, 0.15) is 27.2 Å². The molecule has 0 aromatic rings. The molecule has 12 heavy (non-hydrogen) atoms.